The SMILES string of the molecule is CCOc1ccc(C(=O)NCC(=O)N/N=C\c2ccccc2O)cc1. The van der Waals surface area contributed by atoms with Crippen molar-refractivity contribution in [2.45, 2.75) is 6.92 Å². The summed E-state index contributed by atoms with van der Waals surface area (Å²) in [7, 11) is 0. The van der Waals surface area contributed by atoms with E-state index in [2.05, 4.69) is 15.8 Å². The van der Waals surface area contributed by atoms with Crippen LogP contribution in [0.5, 0.6) is 11.5 Å². The van der Waals surface area contributed by atoms with Crippen LogP contribution in [0.4, 0.5) is 0 Å². The van der Waals surface area contributed by atoms with Crippen LogP contribution in [0.15, 0.2) is 53.6 Å². The van der Waals surface area contributed by atoms with Gasteiger partial charge in [-0.25, -0.2) is 5.43 Å². The molecular weight excluding hydrogens is 322 g/mol. The van der Waals surface area contributed by atoms with E-state index in [1.54, 1.807) is 42.5 Å². The summed E-state index contributed by atoms with van der Waals surface area (Å²) in [4.78, 5) is 23.6. The minimum absolute atomic E-state index is 0.0595. The fourth-order valence-corrected chi connectivity index (χ4v) is 1.94. The largest absolute Gasteiger partial charge is 0.507 e. The highest BCUT2D eigenvalue weighted by Crippen LogP contribution is 2.13. The van der Waals surface area contributed by atoms with Crippen molar-refractivity contribution < 1.29 is 19.4 Å². The summed E-state index contributed by atoms with van der Waals surface area (Å²) in [6.45, 7) is 2.21. The quantitative estimate of drug-likeness (QED) is 0.527. The van der Waals surface area contributed by atoms with Crippen molar-refractivity contribution in [1.82, 2.24) is 10.7 Å². The van der Waals surface area contributed by atoms with E-state index in [0.717, 1.165) is 0 Å². The first-order valence-electron chi connectivity index (χ1n) is 7.71. The number of hydrogen-bond donors (Lipinski definition) is 3. The van der Waals surface area contributed by atoms with Crippen LogP contribution in [0.25, 0.3) is 0 Å². The van der Waals surface area contributed by atoms with Gasteiger partial charge in [-0.1, -0.05) is 12.1 Å². The molecule has 2 aromatic rings. The lowest BCUT2D eigenvalue weighted by molar-refractivity contribution is -0.120. The molecule has 0 aromatic heterocycles. The number of aromatic hydroxyl groups is 1. The van der Waals surface area contributed by atoms with Crippen molar-refractivity contribution in [3.8, 4) is 11.5 Å². The summed E-state index contributed by atoms with van der Waals surface area (Å²) in [5.74, 6) is -0.117. The van der Waals surface area contributed by atoms with Gasteiger partial charge in [-0.3, -0.25) is 9.59 Å². The summed E-state index contributed by atoms with van der Waals surface area (Å²) in [5, 5.41) is 15.8. The Balaban J connectivity index is 1.79. The number of hydrazone groups is 1. The molecule has 0 unspecified atom stereocenters. The average molecular weight is 341 g/mol. The Morgan fingerprint density at radius 2 is 1.88 bits per heavy atom. The van der Waals surface area contributed by atoms with Gasteiger partial charge in [0.15, 0.2) is 0 Å². The summed E-state index contributed by atoms with van der Waals surface area (Å²) < 4.78 is 5.30. The maximum atomic E-state index is 12.0. The van der Waals surface area contributed by atoms with Gasteiger partial charge in [-0.05, 0) is 43.3 Å². The third-order valence-corrected chi connectivity index (χ3v) is 3.17. The molecule has 0 aliphatic heterocycles. The molecule has 25 heavy (non-hydrogen) atoms. The molecule has 3 N–H and O–H groups in total. The number of amides is 2. The van der Waals surface area contributed by atoms with E-state index in [1.165, 1.54) is 12.3 Å². The van der Waals surface area contributed by atoms with Gasteiger partial charge < -0.3 is 15.2 Å². The lowest BCUT2D eigenvalue weighted by Crippen LogP contribution is -2.34. The molecule has 2 amide bonds. The minimum atomic E-state index is -0.481. The Kier molecular flexibility index (Phi) is 6.53. The van der Waals surface area contributed by atoms with Crippen LogP contribution >= 0.6 is 0 Å². The molecule has 2 rings (SSSR count). The lowest BCUT2D eigenvalue weighted by Gasteiger charge is -2.06. The van der Waals surface area contributed by atoms with Crippen molar-refractivity contribution in [2.24, 2.45) is 5.10 Å². The molecule has 0 spiro atoms. The Labute approximate surface area is 145 Å². The standard InChI is InChI=1S/C18H19N3O4/c1-2-25-15-9-7-13(8-10-15)18(24)19-12-17(23)21-20-11-14-5-3-4-6-16(14)22/h3-11,22H,2,12H2,1H3,(H,19,24)(H,21,23)/b20-11-. The van der Waals surface area contributed by atoms with E-state index in [4.69, 9.17) is 4.74 Å². The third-order valence-electron chi connectivity index (χ3n) is 3.17. The second-order valence-electron chi connectivity index (χ2n) is 4.99. The lowest BCUT2D eigenvalue weighted by atomic mass is 10.2. The van der Waals surface area contributed by atoms with E-state index in [-0.39, 0.29) is 18.2 Å². The molecule has 0 aliphatic rings. The first-order chi connectivity index (χ1) is 12.1. The molecule has 0 fully saturated rings. The second kappa shape index (κ2) is 9.07. The molecule has 7 nitrogen and oxygen atoms in total. The smallest absolute Gasteiger partial charge is 0.259 e. The number of rotatable bonds is 7. The van der Waals surface area contributed by atoms with Gasteiger partial charge in [-0.2, -0.15) is 5.10 Å². The monoisotopic (exact) mass is 341 g/mol. The number of para-hydroxylation sites is 1. The highest BCUT2D eigenvalue weighted by atomic mass is 16.5. The highest BCUT2D eigenvalue weighted by Gasteiger charge is 2.07. The second-order valence-corrected chi connectivity index (χ2v) is 4.99. The molecule has 0 aliphatic carbocycles. The molecule has 2 aromatic carbocycles. The molecular formula is C18H19N3O4. The first-order valence-corrected chi connectivity index (χ1v) is 7.71. The van der Waals surface area contributed by atoms with Gasteiger partial charge >= 0.3 is 0 Å². The van der Waals surface area contributed by atoms with Crippen LogP contribution in [-0.2, 0) is 4.79 Å². The Hall–Kier alpha value is -3.35. The predicted octanol–water partition coefficient (Wildman–Crippen LogP) is 1.67. The van der Waals surface area contributed by atoms with Crippen LogP contribution in [0.1, 0.15) is 22.8 Å². The highest BCUT2D eigenvalue weighted by molar-refractivity contribution is 5.96. The normalized spacial score (nSPS) is 10.4. The maximum absolute atomic E-state index is 12.0. The van der Waals surface area contributed by atoms with Crippen LogP contribution in [0, 0.1) is 0 Å². The van der Waals surface area contributed by atoms with Crippen LogP contribution < -0.4 is 15.5 Å². The Morgan fingerprint density at radius 3 is 2.56 bits per heavy atom. The van der Waals surface area contributed by atoms with Gasteiger partial charge in [0, 0.05) is 11.1 Å². The molecule has 0 saturated carbocycles. The summed E-state index contributed by atoms with van der Waals surface area (Å²) >= 11 is 0. The summed E-state index contributed by atoms with van der Waals surface area (Å²) in [6.07, 6.45) is 1.32. The van der Waals surface area contributed by atoms with Gasteiger partial charge in [-0.15, -0.1) is 0 Å². The van der Waals surface area contributed by atoms with E-state index in [0.29, 0.717) is 23.5 Å². The molecule has 0 atom stereocenters. The van der Waals surface area contributed by atoms with Gasteiger partial charge in [0.1, 0.15) is 11.5 Å². The van der Waals surface area contributed by atoms with Crippen molar-refractivity contribution >= 4 is 18.0 Å². The molecule has 7 heteroatoms. The number of hydrogen-bond acceptors (Lipinski definition) is 5. The predicted molar refractivity (Wildman–Crippen MR) is 93.8 cm³/mol. The van der Waals surface area contributed by atoms with E-state index >= 15 is 0 Å². The number of carbonyl (C=O) groups is 2. The van der Waals surface area contributed by atoms with E-state index in [1.807, 2.05) is 6.92 Å². The number of phenolic OH excluding ortho intramolecular Hbond substituents is 1. The molecule has 0 bridgehead atoms. The van der Waals surface area contributed by atoms with Crippen molar-refractivity contribution in [2.75, 3.05) is 13.2 Å². The number of benzene rings is 2. The van der Waals surface area contributed by atoms with Crippen molar-refractivity contribution in [3.63, 3.8) is 0 Å². The topological polar surface area (TPSA) is 100 Å². The fourth-order valence-electron chi connectivity index (χ4n) is 1.94. The van der Waals surface area contributed by atoms with E-state index in [9.17, 15) is 14.7 Å². The summed E-state index contributed by atoms with van der Waals surface area (Å²) in [5.41, 5.74) is 3.17. The van der Waals surface area contributed by atoms with Crippen molar-refractivity contribution in [1.29, 1.82) is 0 Å². The zero-order chi connectivity index (χ0) is 18.1. The zero-order valence-corrected chi connectivity index (χ0v) is 13.7. The summed E-state index contributed by atoms with van der Waals surface area (Å²) in [6, 6.07) is 13.2. The first kappa shape index (κ1) is 18.0. The average Bonchev–Trinajstić information content (AvgIpc) is 2.62. The minimum Gasteiger partial charge on any atom is -0.507 e. The Morgan fingerprint density at radius 1 is 1.16 bits per heavy atom. The molecule has 130 valence electrons. The van der Waals surface area contributed by atoms with Gasteiger partial charge in [0.05, 0.1) is 19.4 Å². The van der Waals surface area contributed by atoms with Crippen molar-refractivity contribution in [3.05, 3.63) is 59.7 Å². The van der Waals surface area contributed by atoms with Crippen LogP contribution in [0.2, 0.25) is 0 Å². The number of nitrogens with zero attached hydrogens (tertiary/aromatic N) is 1. The zero-order valence-electron chi connectivity index (χ0n) is 13.7. The maximum Gasteiger partial charge on any atom is 0.259 e. The third kappa shape index (κ3) is 5.65. The fraction of sp³-hybridized carbons (Fsp3) is 0.167. The van der Waals surface area contributed by atoms with Gasteiger partial charge in [0.25, 0.3) is 11.8 Å². The van der Waals surface area contributed by atoms with Crippen LogP contribution in [-0.4, -0.2) is 36.3 Å². The van der Waals surface area contributed by atoms with Crippen LogP contribution in [0.3, 0.4) is 0 Å². The van der Waals surface area contributed by atoms with E-state index < -0.39 is 5.91 Å². The molecule has 0 radical (unpaired) electrons. The molecule has 0 saturated heterocycles. The number of ether oxygens (including phenoxy) is 1. The number of nitrogens with one attached hydrogen (secondary N) is 2. The number of phenols is 1. The van der Waals surface area contributed by atoms with Gasteiger partial charge in [0.2, 0.25) is 0 Å². The molecule has 0 heterocycles. The Bertz CT molecular complexity index is 757. The number of carbonyl (C=O) groups excluding carboxylic acids is 2.